The summed E-state index contributed by atoms with van der Waals surface area (Å²) in [6, 6.07) is 12.0. The van der Waals surface area contributed by atoms with E-state index in [9.17, 15) is 0 Å². The summed E-state index contributed by atoms with van der Waals surface area (Å²) in [4.78, 5) is 10.6. The molecule has 27 heavy (non-hydrogen) atoms. The van der Waals surface area contributed by atoms with Gasteiger partial charge in [-0.05, 0) is 38.2 Å². The van der Waals surface area contributed by atoms with Gasteiger partial charge in [0.05, 0.1) is 13.2 Å². The molecule has 0 radical (unpaired) electrons. The molecule has 6 nitrogen and oxygen atoms in total. The number of benzene rings is 1. The molecule has 0 aliphatic rings. The molecule has 0 aliphatic heterocycles. The van der Waals surface area contributed by atoms with E-state index in [0.717, 1.165) is 35.8 Å². The van der Waals surface area contributed by atoms with Gasteiger partial charge in [-0.25, -0.2) is 4.98 Å². The van der Waals surface area contributed by atoms with Crippen molar-refractivity contribution in [3.8, 4) is 5.75 Å². The topological polar surface area (TPSA) is 61.8 Å². The van der Waals surface area contributed by atoms with Crippen LogP contribution in [0.2, 0.25) is 5.15 Å². The number of guanidine groups is 1. The lowest BCUT2D eigenvalue weighted by atomic mass is 10.0. The second-order valence-electron chi connectivity index (χ2n) is 6.34. The first-order valence-corrected chi connectivity index (χ1v) is 9.27. The summed E-state index contributed by atoms with van der Waals surface area (Å²) >= 11 is 5.82. The fourth-order valence-electron chi connectivity index (χ4n) is 2.81. The Morgan fingerprint density at radius 3 is 2.63 bits per heavy atom. The number of halogens is 1. The summed E-state index contributed by atoms with van der Waals surface area (Å²) in [6.07, 6.45) is 2.64. The Morgan fingerprint density at radius 1 is 1.22 bits per heavy atom. The minimum atomic E-state index is 0.153. The van der Waals surface area contributed by atoms with Crippen LogP contribution in [0.25, 0.3) is 0 Å². The monoisotopic (exact) mass is 389 g/mol. The molecule has 0 spiro atoms. The third kappa shape index (κ3) is 6.41. The fourth-order valence-corrected chi connectivity index (χ4v) is 2.92. The van der Waals surface area contributed by atoms with E-state index in [1.54, 1.807) is 26.4 Å². The highest BCUT2D eigenvalue weighted by atomic mass is 35.5. The van der Waals surface area contributed by atoms with Gasteiger partial charge in [0.2, 0.25) is 0 Å². The van der Waals surface area contributed by atoms with Gasteiger partial charge in [0, 0.05) is 31.9 Å². The van der Waals surface area contributed by atoms with Crippen molar-refractivity contribution in [3.05, 3.63) is 58.9 Å². The van der Waals surface area contributed by atoms with Crippen molar-refractivity contribution in [2.24, 2.45) is 4.99 Å². The van der Waals surface area contributed by atoms with E-state index in [2.05, 4.69) is 45.7 Å². The maximum absolute atomic E-state index is 5.82. The Balaban J connectivity index is 1.91. The minimum Gasteiger partial charge on any atom is -0.496 e. The molecule has 2 aromatic rings. The molecule has 1 heterocycles. The van der Waals surface area contributed by atoms with E-state index in [0.29, 0.717) is 11.7 Å². The molecule has 0 fully saturated rings. The number of methoxy groups -OCH3 is 1. The summed E-state index contributed by atoms with van der Waals surface area (Å²) in [5.41, 5.74) is 2.27. The predicted octanol–water partition coefficient (Wildman–Crippen LogP) is 2.75. The van der Waals surface area contributed by atoms with Gasteiger partial charge in [-0.1, -0.05) is 35.9 Å². The summed E-state index contributed by atoms with van der Waals surface area (Å²) in [6.45, 7) is 1.46. The summed E-state index contributed by atoms with van der Waals surface area (Å²) in [5.74, 6) is 1.65. The van der Waals surface area contributed by atoms with Gasteiger partial charge in [0.15, 0.2) is 5.96 Å². The number of aliphatic imine (C=N–C) groups is 1. The highest BCUT2D eigenvalue weighted by Crippen LogP contribution is 2.27. The number of nitrogens with one attached hydrogen (secondary N) is 2. The Bertz CT molecular complexity index is 733. The van der Waals surface area contributed by atoms with Crippen molar-refractivity contribution in [1.82, 2.24) is 20.5 Å². The molecule has 0 saturated heterocycles. The van der Waals surface area contributed by atoms with Gasteiger partial charge in [-0.15, -0.1) is 0 Å². The first-order chi connectivity index (χ1) is 13.0. The zero-order chi connectivity index (χ0) is 19.6. The SMILES string of the molecule is CN=C(NCCc1ccc(Cl)nc1)NCC(c1ccccc1OC)N(C)C. The van der Waals surface area contributed by atoms with Crippen LogP contribution in [-0.2, 0) is 6.42 Å². The summed E-state index contributed by atoms with van der Waals surface area (Å²) in [5, 5.41) is 7.25. The highest BCUT2D eigenvalue weighted by molar-refractivity contribution is 6.29. The van der Waals surface area contributed by atoms with Crippen molar-refractivity contribution in [2.75, 3.05) is 41.3 Å². The lowest BCUT2D eigenvalue weighted by molar-refractivity contribution is 0.288. The van der Waals surface area contributed by atoms with Crippen LogP contribution in [0.1, 0.15) is 17.2 Å². The molecule has 1 aromatic heterocycles. The molecular weight excluding hydrogens is 362 g/mol. The van der Waals surface area contributed by atoms with E-state index in [4.69, 9.17) is 16.3 Å². The van der Waals surface area contributed by atoms with Gasteiger partial charge in [-0.2, -0.15) is 0 Å². The van der Waals surface area contributed by atoms with E-state index in [1.807, 2.05) is 24.3 Å². The van der Waals surface area contributed by atoms with Crippen LogP contribution >= 0.6 is 11.6 Å². The molecule has 0 aliphatic carbocycles. The fraction of sp³-hybridized carbons (Fsp3) is 0.400. The molecule has 2 N–H and O–H groups in total. The van der Waals surface area contributed by atoms with Gasteiger partial charge in [0.25, 0.3) is 0 Å². The van der Waals surface area contributed by atoms with Crippen LogP contribution in [0.15, 0.2) is 47.6 Å². The van der Waals surface area contributed by atoms with Crippen molar-refractivity contribution in [3.63, 3.8) is 0 Å². The quantitative estimate of drug-likeness (QED) is 0.413. The minimum absolute atomic E-state index is 0.153. The molecule has 1 aromatic carbocycles. The predicted molar refractivity (Wildman–Crippen MR) is 112 cm³/mol. The molecule has 0 bridgehead atoms. The second kappa shape index (κ2) is 10.7. The van der Waals surface area contributed by atoms with Crippen molar-refractivity contribution in [2.45, 2.75) is 12.5 Å². The number of para-hydroxylation sites is 1. The Kier molecular flexibility index (Phi) is 8.36. The number of rotatable bonds is 8. The Morgan fingerprint density at radius 2 is 2.00 bits per heavy atom. The lowest BCUT2D eigenvalue weighted by Crippen LogP contribution is -2.42. The molecular formula is C20H28ClN5O. The van der Waals surface area contributed by atoms with Crippen LogP contribution in [-0.4, -0.2) is 57.2 Å². The van der Waals surface area contributed by atoms with Crippen LogP contribution < -0.4 is 15.4 Å². The largest absolute Gasteiger partial charge is 0.496 e. The third-order valence-corrected chi connectivity index (χ3v) is 4.53. The van der Waals surface area contributed by atoms with E-state index in [1.165, 1.54) is 0 Å². The van der Waals surface area contributed by atoms with Gasteiger partial charge < -0.3 is 20.3 Å². The van der Waals surface area contributed by atoms with Crippen LogP contribution in [0.4, 0.5) is 0 Å². The third-order valence-electron chi connectivity index (χ3n) is 4.30. The van der Waals surface area contributed by atoms with E-state index >= 15 is 0 Å². The lowest BCUT2D eigenvalue weighted by Gasteiger charge is -2.27. The molecule has 1 atom stereocenters. The maximum atomic E-state index is 5.82. The molecule has 7 heteroatoms. The molecule has 0 amide bonds. The number of likely N-dealkylation sites (N-methyl/N-ethyl adjacent to an activating group) is 1. The number of ether oxygens (including phenoxy) is 1. The van der Waals surface area contributed by atoms with Gasteiger partial charge in [0.1, 0.15) is 10.9 Å². The first kappa shape index (κ1) is 21.0. The number of hydrogen-bond acceptors (Lipinski definition) is 4. The molecule has 1 unspecified atom stereocenters. The zero-order valence-electron chi connectivity index (χ0n) is 16.4. The van der Waals surface area contributed by atoms with Crippen molar-refractivity contribution >= 4 is 17.6 Å². The maximum Gasteiger partial charge on any atom is 0.191 e. The first-order valence-electron chi connectivity index (χ1n) is 8.89. The average molecular weight is 390 g/mol. The smallest absolute Gasteiger partial charge is 0.191 e. The summed E-state index contributed by atoms with van der Waals surface area (Å²) in [7, 11) is 7.59. The Hall–Kier alpha value is -2.31. The molecule has 2 rings (SSSR count). The van der Waals surface area contributed by atoms with Crippen LogP contribution in [0.5, 0.6) is 5.75 Å². The zero-order valence-corrected chi connectivity index (χ0v) is 17.1. The number of aromatic nitrogens is 1. The van der Waals surface area contributed by atoms with Crippen LogP contribution in [0.3, 0.4) is 0 Å². The normalized spacial score (nSPS) is 12.7. The number of pyridine rings is 1. The van der Waals surface area contributed by atoms with E-state index < -0.39 is 0 Å². The molecule has 146 valence electrons. The van der Waals surface area contributed by atoms with E-state index in [-0.39, 0.29) is 6.04 Å². The van der Waals surface area contributed by atoms with Crippen LogP contribution in [0, 0.1) is 0 Å². The number of nitrogens with zero attached hydrogens (tertiary/aromatic N) is 3. The average Bonchev–Trinajstić information content (AvgIpc) is 2.68. The molecule has 0 saturated carbocycles. The van der Waals surface area contributed by atoms with Gasteiger partial charge >= 0.3 is 0 Å². The summed E-state index contributed by atoms with van der Waals surface area (Å²) < 4.78 is 5.52. The van der Waals surface area contributed by atoms with Crippen molar-refractivity contribution < 1.29 is 4.74 Å². The highest BCUT2D eigenvalue weighted by Gasteiger charge is 2.18. The second-order valence-corrected chi connectivity index (χ2v) is 6.73. The Labute approximate surface area is 166 Å². The number of hydrogen-bond donors (Lipinski definition) is 2. The van der Waals surface area contributed by atoms with Crippen molar-refractivity contribution in [1.29, 1.82) is 0 Å². The standard InChI is InChI=1S/C20H28ClN5O/c1-22-20(23-12-11-15-9-10-19(21)24-13-15)25-14-17(26(2)3)16-7-5-6-8-18(16)27-4/h5-10,13,17H,11-12,14H2,1-4H3,(H2,22,23,25). The van der Waals surface area contributed by atoms with Gasteiger partial charge in [-0.3, -0.25) is 4.99 Å².